The van der Waals surface area contributed by atoms with Gasteiger partial charge in [0.15, 0.2) is 5.11 Å². The van der Waals surface area contributed by atoms with Gasteiger partial charge in [0.05, 0.1) is 6.61 Å². The third kappa shape index (κ3) is 6.07. The van der Waals surface area contributed by atoms with Crippen LogP contribution < -0.4 is 20.3 Å². The van der Waals surface area contributed by atoms with Gasteiger partial charge in [-0.15, -0.1) is 0 Å². The Kier molecular flexibility index (Phi) is 7.31. The van der Waals surface area contributed by atoms with Crippen molar-refractivity contribution >= 4 is 40.5 Å². The number of carbonyl (C=O) groups excluding carboxylic acids is 2. The predicted octanol–water partition coefficient (Wildman–Crippen LogP) is 3.58. The maximum absolute atomic E-state index is 12.4. The monoisotopic (exact) mass is 385 g/mol. The summed E-state index contributed by atoms with van der Waals surface area (Å²) in [7, 11) is 1.69. The fourth-order valence-electron chi connectivity index (χ4n) is 2.26. The second-order valence-electron chi connectivity index (χ2n) is 5.91. The number of nitrogens with zero attached hydrogens (tertiary/aromatic N) is 1. The highest BCUT2D eigenvalue weighted by molar-refractivity contribution is 7.80. The van der Waals surface area contributed by atoms with Gasteiger partial charge >= 0.3 is 0 Å². The molecule has 0 heterocycles. The smallest absolute Gasteiger partial charge is 0.257 e. The average Bonchev–Trinajstić information content (AvgIpc) is 2.66. The van der Waals surface area contributed by atoms with Crippen molar-refractivity contribution in [1.82, 2.24) is 5.32 Å². The van der Waals surface area contributed by atoms with Crippen LogP contribution in [-0.4, -0.2) is 30.6 Å². The van der Waals surface area contributed by atoms with Crippen molar-refractivity contribution in [3.05, 3.63) is 54.1 Å². The molecule has 2 N–H and O–H groups in total. The molecule has 0 saturated heterocycles. The van der Waals surface area contributed by atoms with E-state index in [1.807, 2.05) is 13.0 Å². The van der Waals surface area contributed by atoms with Crippen molar-refractivity contribution in [3.8, 4) is 5.75 Å². The quantitative estimate of drug-likeness (QED) is 0.744. The van der Waals surface area contributed by atoms with E-state index in [-0.39, 0.29) is 16.9 Å². The first-order valence-electron chi connectivity index (χ1n) is 8.60. The number of nitrogens with one attached hydrogen (secondary N) is 2. The molecule has 2 aromatic carbocycles. The van der Waals surface area contributed by atoms with Gasteiger partial charge in [-0.2, -0.15) is 0 Å². The molecule has 2 aromatic rings. The van der Waals surface area contributed by atoms with Gasteiger partial charge in [0, 0.05) is 30.9 Å². The molecule has 0 unspecified atom stereocenters. The van der Waals surface area contributed by atoms with E-state index in [0.717, 1.165) is 12.1 Å². The Labute approximate surface area is 164 Å². The Balaban J connectivity index is 2.00. The molecule has 0 radical (unpaired) electrons. The lowest BCUT2D eigenvalue weighted by atomic mass is 10.2. The third-order valence-electron chi connectivity index (χ3n) is 3.76. The molecule has 27 heavy (non-hydrogen) atoms. The Morgan fingerprint density at radius 3 is 2.59 bits per heavy atom. The summed E-state index contributed by atoms with van der Waals surface area (Å²) in [6.45, 7) is 4.10. The molecule has 0 bridgehead atoms. The summed E-state index contributed by atoms with van der Waals surface area (Å²) in [6.07, 6.45) is 0.891. The summed E-state index contributed by atoms with van der Waals surface area (Å²) in [5, 5.41) is 5.77. The van der Waals surface area contributed by atoms with Crippen LogP contribution in [-0.2, 0) is 4.79 Å². The van der Waals surface area contributed by atoms with E-state index in [9.17, 15) is 9.59 Å². The highest BCUT2D eigenvalue weighted by Gasteiger charge is 2.10. The Bertz CT molecular complexity index is 839. The molecular weight excluding hydrogens is 362 g/mol. The largest absolute Gasteiger partial charge is 0.494 e. The number of amides is 2. The van der Waals surface area contributed by atoms with Gasteiger partial charge in [0.25, 0.3) is 5.91 Å². The van der Waals surface area contributed by atoms with Crippen molar-refractivity contribution in [2.45, 2.75) is 20.3 Å². The molecule has 0 fully saturated rings. The Morgan fingerprint density at radius 2 is 1.89 bits per heavy atom. The van der Waals surface area contributed by atoms with Crippen LogP contribution in [0, 0.1) is 0 Å². The standard InChI is InChI=1S/C20H23N3O3S/c1-4-11-26-18-10-5-7-15(12-18)19(25)22-20(27)21-16-8-6-9-17(13-16)23(3)14(2)24/h5-10,12-13H,4,11H2,1-3H3,(H2,21,22,25,27). The number of thiocarbonyl (C=S) groups is 1. The second-order valence-corrected chi connectivity index (χ2v) is 6.32. The zero-order chi connectivity index (χ0) is 19.8. The summed E-state index contributed by atoms with van der Waals surface area (Å²) in [6, 6.07) is 14.1. The molecule has 0 aliphatic rings. The summed E-state index contributed by atoms with van der Waals surface area (Å²) < 4.78 is 5.54. The third-order valence-corrected chi connectivity index (χ3v) is 3.96. The predicted molar refractivity (Wildman–Crippen MR) is 111 cm³/mol. The van der Waals surface area contributed by atoms with Gasteiger partial charge in [0.2, 0.25) is 5.91 Å². The van der Waals surface area contributed by atoms with Gasteiger partial charge in [-0.1, -0.05) is 19.1 Å². The van der Waals surface area contributed by atoms with Crippen LogP contribution >= 0.6 is 12.2 Å². The van der Waals surface area contributed by atoms with E-state index < -0.39 is 0 Å². The summed E-state index contributed by atoms with van der Waals surface area (Å²) in [5.41, 5.74) is 1.85. The first kappa shape index (κ1) is 20.4. The molecule has 0 atom stereocenters. The van der Waals surface area contributed by atoms with Crippen molar-refractivity contribution in [2.75, 3.05) is 23.9 Å². The minimum absolute atomic E-state index is 0.0757. The van der Waals surface area contributed by atoms with Gasteiger partial charge in [-0.05, 0) is 55.0 Å². The van der Waals surface area contributed by atoms with Crippen LogP contribution in [0.2, 0.25) is 0 Å². The van der Waals surface area contributed by atoms with Crippen LogP contribution in [0.1, 0.15) is 30.6 Å². The summed E-state index contributed by atoms with van der Waals surface area (Å²) in [4.78, 5) is 25.4. The highest BCUT2D eigenvalue weighted by Crippen LogP contribution is 2.18. The molecule has 142 valence electrons. The lowest BCUT2D eigenvalue weighted by molar-refractivity contribution is -0.116. The Morgan fingerprint density at radius 1 is 1.15 bits per heavy atom. The van der Waals surface area contributed by atoms with E-state index in [1.165, 1.54) is 11.8 Å². The van der Waals surface area contributed by atoms with Gasteiger partial charge in [0.1, 0.15) is 5.75 Å². The second kappa shape index (κ2) is 9.68. The molecule has 6 nitrogen and oxygen atoms in total. The van der Waals surface area contributed by atoms with E-state index in [1.54, 1.807) is 49.5 Å². The molecule has 0 aliphatic heterocycles. The maximum atomic E-state index is 12.4. The molecule has 2 rings (SSSR count). The molecule has 0 saturated carbocycles. The summed E-state index contributed by atoms with van der Waals surface area (Å²) >= 11 is 5.22. The summed E-state index contributed by atoms with van der Waals surface area (Å²) in [5.74, 6) is 0.239. The first-order valence-corrected chi connectivity index (χ1v) is 9.01. The number of ether oxygens (including phenoxy) is 1. The number of rotatable bonds is 6. The van der Waals surface area contributed by atoms with E-state index in [2.05, 4.69) is 10.6 Å². The Hall–Kier alpha value is -2.93. The van der Waals surface area contributed by atoms with E-state index in [4.69, 9.17) is 17.0 Å². The van der Waals surface area contributed by atoms with Crippen molar-refractivity contribution < 1.29 is 14.3 Å². The topological polar surface area (TPSA) is 70.7 Å². The fourth-order valence-corrected chi connectivity index (χ4v) is 2.47. The van der Waals surface area contributed by atoms with Crippen LogP contribution in [0.3, 0.4) is 0 Å². The molecule has 2 amide bonds. The molecule has 7 heteroatoms. The lowest BCUT2D eigenvalue weighted by Crippen LogP contribution is -2.34. The van der Waals surface area contributed by atoms with Crippen molar-refractivity contribution in [2.24, 2.45) is 0 Å². The van der Waals surface area contributed by atoms with Gasteiger partial charge < -0.3 is 15.0 Å². The number of benzene rings is 2. The van der Waals surface area contributed by atoms with Crippen LogP contribution in [0.5, 0.6) is 5.75 Å². The van der Waals surface area contributed by atoms with E-state index >= 15 is 0 Å². The zero-order valence-electron chi connectivity index (χ0n) is 15.6. The van der Waals surface area contributed by atoms with Gasteiger partial charge in [-0.3, -0.25) is 14.9 Å². The highest BCUT2D eigenvalue weighted by atomic mass is 32.1. The van der Waals surface area contributed by atoms with E-state index in [0.29, 0.717) is 23.6 Å². The fraction of sp³-hybridized carbons (Fsp3) is 0.250. The lowest BCUT2D eigenvalue weighted by Gasteiger charge is -2.16. The maximum Gasteiger partial charge on any atom is 0.257 e. The number of hydrogen-bond acceptors (Lipinski definition) is 4. The molecular formula is C20H23N3O3S. The number of anilines is 2. The first-order chi connectivity index (χ1) is 12.9. The zero-order valence-corrected chi connectivity index (χ0v) is 16.4. The molecule has 0 aromatic heterocycles. The normalized spacial score (nSPS) is 10.0. The SMILES string of the molecule is CCCOc1cccc(C(=O)NC(=S)Nc2cccc(N(C)C(C)=O)c2)c1. The number of carbonyl (C=O) groups is 2. The van der Waals surface area contributed by atoms with Crippen molar-refractivity contribution in [3.63, 3.8) is 0 Å². The van der Waals surface area contributed by atoms with Gasteiger partial charge in [-0.25, -0.2) is 0 Å². The van der Waals surface area contributed by atoms with Crippen LogP contribution in [0.25, 0.3) is 0 Å². The van der Waals surface area contributed by atoms with Crippen LogP contribution in [0.4, 0.5) is 11.4 Å². The van der Waals surface area contributed by atoms with Crippen molar-refractivity contribution in [1.29, 1.82) is 0 Å². The average molecular weight is 385 g/mol. The molecule has 0 spiro atoms. The minimum atomic E-state index is -0.327. The van der Waals surface area contributed by atoms with Crippen LogP contribution in [0.15, 0.2) is 48.5 Å². The minimum Gasteiger partial charge on any atom is -0.494 e. The number of hydrogen-bond donors (Lipinski definition) is 2. The molecule has 0 aliphatic carbocycles.